The van der Waals surface area contributed by atoms with E-state index in [0.29, 0.717) is 38.3 Å². The molecule has 24 heavy (non-hydrogen) atoms. The molecule has 0 N–H and O–H groups in total. The molecule has 1 heterocycles. The third kappa shape index (κ3) is 4.96. The van der Waals surface area contributed by atoms with Crippen LogP contribution < -0.4 is 4.90 Å². The van der Waals surface area contributed by atoms with Gasteiger partial charge >= 0.3 is 5.97 Å². The van der Waals surface area contributed by atoms with E-state index in [-0.39, 0.29) is 11.9 Å². The molecule has 0 saturated carbocycles. The average molecular weight is 333 g/mol. The summed E-state index contributed by atoms with van der Waals surface area (Å²) in [5.74, 6) is -0.144. The van der Waals surface area contributed by atoms with Crippen LogP contribution in [0.4, 0.5) is 5.69 Å². The molecular formula is C18H27N3O3. The Morgan fingerprint density at radius 1 is 1.08 bits per heavy atom. The number of esters is 1. The Kier molecular flexibility index (Phi) is 6.61. The molecule has 6 heteroatoms. The van der Waals surface area contributed by atoms with E-state index in [1.165, 1.54) is 0 Å². The van der Waals surface area contributed by atoms with Gasteiger partial charge in [0.2, 0.25) is 0 Å². The Morgan fingerprint density at radius 3 is 2.42 bits per heavy atom. The summed E-state index contributed by atoms with van der Waals surface area (Å²) in [5.41, 5.74) is 1.78. The van der Waals surface area contributed by atoms with Crippen LogP contribution in [0.25, 0.3) is 0 Å². The predicted octanol–water partition coefficient (Wildman–Crippen LogP) is 1.46. The first kappa shape index (κ1) is 18.3. The highest BCUT2D eigenvalue weighted by Crippen LogP contribution is 2.15. The topological polar surface area (TPSA) is 53.1 Å². The van der Waals surface area contributed by atoms with E-state index >= 15 is 0 Å². The molecule has 0 unspecified atom stereocenters. The summed E-state index contributed by atoms with van der Waals surface area (Å²) in [4.78, 5) is 30.2. The van der Waals surface area contributed by atoms with Crippen LogP contribution in [0, 0.1) is 0 Å². The fraction of sp³-hybridized carbons (Fsp3) is 0.556. The van der Waals surface area contributed by atoms with Gasteiger partial charge in [-0.3, -0.25) is 14.5 Å². The van der Waals surface area contributed by atoms with Crippen molar-refractivity contribution in [2.75, 3.05) is 58.3 Å². The molecule has 0 spiro atoms. The number of hydrogen-bond donors (Lipinski definition) is 0. The van der Waals surface area contributed by atoms with Gasteiger partial charge in [0.1, 0.15) is 0 Å². The van der Waals surface area contributed by atoms with Crippen molar-refractivity contribution in [1.29, 1.82) is 0 Å². The highest BCUT2D eigenvalue weighted by molar-refractivity contribution is 5.94. The lowest BCUT2D eigenvalue weighted by atomic mass is 10.1. The van der Waals surface area contributed by atoms with Gasteiger partial charge in [-0.05, 0) is 37.6 Å². The lowest BCUT2D eigenvalue weighted by Crippen LogP contribution is -2.37. The second-order valence-corrected chi connectivity index (χ2v) is 6.17. The largest absolute Gasteiger partial charge is 0.465 e. The van der Waals surface area contributed by atoms with E-state index in [1.807, 2.05) is 55.1 Å². The maximum absolute atomic E-state index is 12.7. The lowest BCUT2D eigenvalue weighted by molar-refractivity contribution is -0.144. The average Bonchev–Trinajstić information content (AvgIpc) is 2.80. The van der Waals surface area contributed by atoms with Gasteiger partial charge in [0.15, 0.2) is 0 Å². The van der Waals surface area contributed by atoms with Crippen LogP contribution in [-0.2, 0) is 9.53 Å². The molecule has 6 nitrogen and oxygen atoms in total. The minimum Gasteiger partial charge on any atom is -0.465 e. The van der Waals surface area contributed by atoms with Crippen molar-refractivity contribution in [2.45, 2.75) is 13.3 Å². The second kappa shape index (κ2) is 8.68. The summed E-state index contributed by atoms with van der Waals surface area (Å²) in [5, 5.41) is 0. The first-order valence-corrected chi connectivity index (χ1v) is 8.46. The molecule has 0 bridgehead atoms. The third-order valence-corrected chi connectivity index (χ3v) is 4.16. The van der Waals surface area contributed by atoms with Crippen molar-refractivity contribution < 1.29 is 14.3 Å². The molecule has 1 saturated heterocycles. The standard InChI is InChI=1S/C18H27N3O3/c1-4-24-17(22)14-20-10-5-11-21(13-12-20)18(23)15-6-8-16(9-7-15)19(2)3/h6-9H,4-5,10-14H2,1-3H3. The zero-order valence-electron chi connectivity index (χ0n) is 14.8. The molecule has 1 aliphatic rings. The van der Waals surface area contributed by atoms with Crippen LogP contribution in [-0.4, -0.2) is 75.1 Å². The van der Waals surface area contributed by atoms with E-state index in [1.54, 1.807) is 0 Å². The monoisotopic (exact) mass is 333 g/mol. The SMILES string of the molecule is CCOC(=O)CN1CCCN(C(=O)c2ccc(N(C)C)cc2)CC1. The number of ether oxygens (including phenoxy) is 1. The summed E-state index contributed by atoms with van der Waals surface area (Å²) < 4.78 is 4.99. The Morgan fingerprint density at radius 2 is 1.79 bits per heavy atom. The zero-order valence-corrected chi connectivity index (χ0v) is 14.8. The summed E-state index contributed by atoms with van der Waals surface area (Å²) >= 11 is 0. The number of nitrogens with zero attached hydrogens (tertiary/aromatic N) is 3. The Balaban J connectivity index is 1.92. The van der Waals surface area contributed by atoms with Gasteiger partial charge in [-0.1, -0.05) is 0 Å². The highest BCUT2D eigenvalue weighted by Gasteiger charge is 2.21. The van der Waals surface area contributed by atoms with E-state index in [0.717, 1.165) is 18.7 Å². The first-order chi connectivity index (χ1) is 11.5. The predicted molar refractivity (Wildman–Crippen MR) is 94.4 cm³/mol. The van der Waals surface area contributed by atoms with Gasteiger partial charge in [-0.15, -0.1) is 0 Å². The molecule has 2 rings (SSSR count). The van der Waals surface area contributed by atoms with Gasteiger partial charge in [0.25, 0.3) is 5.91 Å². The minimum absolute atomic E-state index is 0.0540. The molecular weight excluding hydrogens is 306 g/mol. The third-order valence-electron chi connectivity index (χ3n) is 4.16. The molecule has 132 valence electrons. The summed E-state index contributed by atoms with van der Waals surface area (Å²) in [6, 6.07) is 7.66. The van der Waals surface area contributed by atoms with Crippen LogP contribution in [0.2, 0.25) is 0 Å². The molecule has 0 aliphatic carbocycles. The maximum Gasteiger partial charge on any atom is 0.320 e. The normalized spacial score (nSPS) is 15.7. The second-order valence-electron chi connectivity index (χ2n) is 6.17. The number of benzene rings is 1. The van der Waals surface area contributed by atoms with E-state index < -0.39 is 0 Å². The van der Waals surface area contributed by atoms with Crippen LogP contribution in [0.3, 0.4) is 0 Å². The molecule has 1 fully saturated rings. The number of carbonyl (C=O) groups is 2. The first-order valence-electron chi connectivity index (χ1n) is 8.46. The highest BCUT2D eigenvalue weighted by atomic mass is 16.5. The van der Waals surface area contributed by atoms with Crippen molar-refractivity contribution >= 4 is 17.6 Å². The van der Waals surface area contributed by atoms with E-state index in [2.05, 4.69) is 4.90 Å². The van der Waals surface area contributed by atoms with Crippen molar-refractivity contribution in [3.05, 3.63) is 29.8 Å². The number of anilines is 1. The fourth-order valence-corrected chi connectivity index (χ4v) is 2.81. The van der Waals surface area contributed by atoms with Crippen molar-refractivity contribution in [3.8, 4) is 0 Å². The smallest absolute Gasteiger partial charge is 0.320 e. The van der Waals surface area contributed by atoms with Gasteiger partial charge < -0.3 is 14.5 Å². The number of hydrogen-bond acceptors (Lipinski definition) is 5. The molecule has 1 aromatic rings. The summed E-state index contributed by atoms with van der Waals surface area (Å²) in [6.45, 7) is 5.36. The van der Waals surface area contributed by atoms with Gasteiger partial charge in [0.05, 0.1) is 13.2 Å². The molecule has 1 amide bonds. The lowest BCUT2D eigenvalue weighted by Gasteiger charge is -2.22. The summed E-state index contributed by atoms with van der Waals surface area (Å²) in [6.07, 6.45) is 0.862. The van der Waals surface area contributed by atoms with Crippen molar-refractivity contribution in [3.63, 3.8) is 0 Å². The number of rotatable bonds is 5. The quantitative estimate of drug-likeness (QED) is 0.764. The Labute approximate surface area is 144 Å². The molecule has 0 radical (unpaired) electrons. The Bertz CT molecular complexity index is 557. The summed E-state index contributed by atoms with van der Waals surface area (Å²) in [7, 11) is 3.95. The van der Waals surface area contributed by atoms with Crippen molar-refractivity contribution in [2.24, 2.45) is 0 Å². The Hall–Kier alpha value is -2.08. The molecule has 0 atom stereocenters. The van der Waals surface area contributed by atoms with Crippen LogP contribution >= 0.6 is 0 Å². The molecule has 0 aromatic heterocycles. The van der Waals surface area contributed by atoms with Crippen LogP contribution in [0.15, 0.2) is 24.3 Å². The maximum atomic E-state index is 12.7. The molecule has 1 aliphatic heterocycles. The van der Waals surface area contributed by atoms with Gasteiger partial charge in [-0.25, -0.2) is 0 Å². The van der Waals surface area contributed by atoms with E-state index in [4.69, 9.17) is 4.74 Å². The van der Waals surface area contributed by atoms with Gasteiger partial charge in [-0.2, -0.15) is 0 Å². The minimum atomic E-state index is -0.198. The number of carbonyl (C=O) groups excluding carboxylic acids is 2. The van der Waals surface area contributed by atoms with Crippen molar-refractivity contribution in [1.82, 2.24) is 9.80 Å². The fourth-order valence-electron chi connectivity index (χ4n) is 2.81. The van der Waals surface area contributed by atoms with Crippen LogP contribution in [0.1, 0.15) is 23.7 Å². The van der Waals surface area contributed by atoms with Gasteiger partial charge in [0, 0.05) is 51.5 Å². The van der Waals surface area contributed by atoms with E-state index in [9.17, 15) is 9.59 Å². The number of amides is 1. The zero-order chi connectivity index (χ0) is 17.5. The van der Waals surface area contributed by atoms with Crippen LogP contribution in [0.5, 0.6) is 0 Å². The molecule has 1 aromatic carbocycles.